The van der Waals surface area contributed by atoms with Crippen molar-refractivity contribution in [2.75, 3.05) is 5.75 Å². The van der Waals surface area contributed by atoms with E-state index < -0.39 is 5.54 Å². The Kier molecular flexibility index (Phi) is 4.92. The van der Waals surface area contributed by atoms with Gasteiger partial charge in [-0.1, -0.05) is 29.6 Å². The van der Waals surface area contributed by atoms with Crippen LogP contribution in [0, 0.1) is 6.92 Å². The number of hydrogen-bond donors (Lipinski definition) is 1. The van der Waals surface area contributed by atoms with Crippen molar-refractivity contribution in [2.45, 2.75) is 43.0 Å². The second-order valence-corrected chi connectivity index (χ2v) is 7.20. The van der Waals surface area contributed by atoms with Gasteiger partial charge in [-0.15, -0.1) is 11.8 Å². The fourth-order valence-electron chi connectivity index (χ4n) is 2.86. The summed E-state index contributed by atoms with van der Waals surface area (Å²) < 4.78 is 5.09. The summed E-state index contributed by atoms with van der Waals surface area (Å²) >= 11 is 7.35. The maximum Gasteiger partial charge on any atom is 0.231 e. The molecule has 1 aromatic carbocycles. The third-order valence-electron chi connectivity index (χ3n) is 3.97. The van der Waals surface area contributed by atoms with Crippen molar-refractivity contribution >= 4 is 29.3 Å². The number of nitrogens with one attached hydrogen (secondary N) is 1. The summed E-state index contributed by atoms with van der Waals surface area (Å²) in [5.41, 5.74) is -0.477. The Hall–Kier alpha value is -1.53. The Balaban J connectivity index is 1.64. The zero-order valence-electron chi connectivity index (χ0n) is 12.8. The van der Waals surface area contributed by atoms with E-state index in [0.29, 0.717) is 22.5 Å². The molecule has 2 aromatic rings. The highest BCUT2D eigenvalue weighted by Gasteiger charge is 2.41. The Labute approximate surface area is 144 Å². The molecule has 1 aliphatic rings. The molecule has 1 N–H and O–H groups in total. The Morgan fingerprint density at radius 3 is 2.65 bits per heavy atom. The molecular weight excluding hydrogens is 334 g/mol. The minimum Gasteiger partial charge on any atom is -0.342 e. The molecule has 0 spiro atoms. The number of amides is 1. The lowest BCUT2D eigenvalue weighted by Crippen LogP contribution is -2.45. The molecule has 0 bridgehead atoms. The SMILES string of the molecule is Cc1nc(C2(NC(=O)CSc3ccc(Cl)cc3)CCCC2)no1. The van der Waals surface area contributed by atoms with Gasteiger partial charge in [0.15, 0.2) is 5.82 Å². The van der Waals surface area contributed by atoms with Crippen molar-refractivity contribution in [1.29, 1.82) is 0 Å². The largest absolute Gasteiger partial charge is 0.342 e. The molecule has 1 aromatic heterocycles. The van der Waals surface area contributed by atoms with Gasteiger partial charge in [0.1, 0.15) is 5.54 Å². The molecule has 0 radical (unpaired) electrons. The van der Waals surface area contributed by atoms with Gasteiger partial charge in [-0.05, 0) is 37.1 Å². The second kappa shape index (κ2) is 6.93. The quantitative estimate of drug-likeness (QED) is 0.832. The predicted molar refractivity (Wildman–Crippen MR) is 89.5 cm³/mol. The maximum atomic E-state index is 12.4. The van der Waals surface area contributed by atoms with Crippen LogP contribution in [0.2, 0.25) is 5.02 Å². The first-order valence-corrected chi connectivity index (χ1v) is 8.94. The number of thioether (sulfide) groups is 1. The van der Waals surface area contributed by atoms with Crippen LogP contribution in [-0.2, 0) is 10.3 Å². The van der Waals surface area contributed by atoms with Gasteiger partial charge < -0.3 is 9.84 Å². The number of hydrogen-bond acceptors (Lipinski definition) is 5. The van der Waals surface area contributed by atoms with Crippen molar-refractivity contribution < 1.29 is 9.32 Å². The molecule has 23 heavy (non-hydrogen) atoms. The van der Waals surface area contributed by atoms with Gasteiger partial charge in [0.25, 0.3) is 0 Å². The smallest absolute Gasteiger partial charge is 0.231 e. The fourth-order valence-corrected chi connectivity index (χ4v) is 3.68. The number of halogens is 1. The van der Waals surface area contributed by atoms with E-state index in [1.165, 1.54) is 11.8 Å². The second-order valence-electron chi connectivity index (χ2n) is 5.72. The number of aromatic nitrogens is 2. The molecule has 5 nitrogen and oxygen atoms in total. The molecular formula is C16H18ClN3O2S. The summed E-state index contributed by atoms with van der Waals surface area (Å²) in [5.74, 6) is 1.45. The summed E-state index contributed by atoms with van der Waals surface area (Å²) in [6.07, 6.45) is 3.81. The summed E-state index contributed by atoms with van der Waals surface area (Å²) in [6.45, 7) is 1.76. The van der Waals surface area contributed by atoms with Crippen LogP contribution < -0.4 is 5.32 Å². The Morgan fingerprint density at radius 2 is 2.04 bits per heavy atom. The minimum atomic E-state index is -0.477. The first kappa shape index (κ1) is 16.3. The average molecular weight is 352 g/mol. The van der Waals surface area contributed by atoms with Crippen molar-refractivity contribution in [3.63, 3.8) is 0 Å². The number of carbonyl (C=O) groups excluding carboxylic acids is 1. The molecule has 0 atom stereocenters. The van der Waals surface area contributed by atoms with E-state index in [4.69, 9.17) is 16.1 Å². The van der Waals surface area contributed by atoms with Crippen LogP contribution in [0.4, 0.5) is 0 Å². The van der Waals surface area contributed by atoms with Gasteiger partial charge in [0.05, 0.1) is 5.75 Å². The van der Waals surface area contributed by atoms with Gasteiger partial charge in [0, 0.05) is 16.8 Å². The van der Waals surface area contributed by atoms with Crippen LogP contribution in [0.1, 0.15) is 37.4 Å². The van der Waals surface area contributed by atoms with Crippen LogP contribution in [0.3, 0.4) is 0 Å². The van der Waals surface area contributed by atoms with E-state index in [-0.39, 0.29) is 5.91 Å². The van der Waals surface area contributed by atoms with E-state index in [1.54, 1.807) is 6.92 Å². The van der Waals surface area contributed by atoms with Crippen molar-refractivity contribution in [3.8, 4) is 0 Å². The number of carbonyl (C=O) groups is 1. The van der Waals surface area contributed by atoms with E-state index in [9.17, 15) is 4.79 Å². The lowest BCUT2D eigenvalue weighted by molar-refractivity contribution is -0.120. The zero-order valence-corrected chi connectivity index (χ0v) is 14.4. The van der Waals surface area contributed by atoms with E-state index in [0.717, 1.165) is 30.6 Å². The number of benzene rings is 1. The molecule has 0 saturated heterocycles. The van der Waals surface area contributed by atoms with Gasteiger partial charge in [-0.2, -0.15) is 4.98 Å². The molecule has 1 amide bonds. The Morgan fingerprint density at radius 1 is 1.35 bits per heavy atom. The molecule has 122 valence electrons. The van der Waals surface area contributed by atoms with Gasteiger partial charge >= 0.3 is 0 Å². The summed E-state index contributed by atoms with van der Waals surface area (Å²) in [7, 11) is 0. The monoisotopic (exact) mass is 351 g/mol. The van der Waals surface area contributed by atoms with Crippen LogP contribution >= 0.6 is 23.4 Å². The van der Waals surface area contributed by atoms with Crippen molar-refractivity contribution in [2.24, 2.45) is 0 Å². The average Bonchev–Trinajstić information content (AvgIpc) is 3.17. The minimum absolute atomic E-state index is 0.0192. The molecule has 1 aliphatic carbocycles. The standard InChI is InChI=1S/C16H18ClN3O2S/c1-11-18-15(20-22-11)16(8-2-3-9-16)19-14(21)10-23-13-6-4-12(17)5-7-13/h4-7H,2-3,8-10H2,1H3,(H,19,21). The predicted octanol–water partition coefficient (Wildman–Crippen LogP) is 3.71. The zero-order chi connectivity index (χ0) is 16.3. The molecule has 0 aliphatic heterocycles. The molecule has 1 heterocycles. The topological polar surface area (TPSA) is 68.0 Å². The van der Waals surface area contributed by atoms with Crippen molar-refractivity contribution in [3.05, 3.63) is 41.0 Å². The van der Waals surface area contributed by atoms with Crippen LogP contribution in [0.25, 0.3) is 0 Å². The number of rotatable bonds is 5. The van der Waals surface area contributed by atoms with Gasteiger partial charge in [0.2, 0.25) is 11.8 Å². The van der Waals surface area contributed by atoms with Gasteiger partial charge in [-0.25, -0.2) is 0 Å². The third-order valence-corrected chi connectivity index (χ3v) is 5.24. The highest BCUT2D eigenvalue weighted by molar-refractivity contribution is 8.00. The van der Waals surface area contributed by atoms with Gasteiger partial charge in [-0.3, -0.25) is 4.79 Å². The van der Waals surface area contributed by atoms with Crippen molar-refractivity contribution in [1.82, 2.24) is 15.5 Å². The lowest BCUT2D eigenvalue weighted by Gasteiger charge is -2.26. The first-order valence-electron chi connectivity index (χ1n) is 7.58. The van der Waals surface area contributed by atoms with E-state index >= 15 is 0 Å². The van der Waals surface area contributed by atoms with Crippen LogP contribution in [0.5, 0.6) is 0 Å². The summed E-state index contributed by atoms with van der Waals surface area (Å²) in [6, 6.07) is 7.47. The molecule has 0 unspecified atom stereocenters. The normalized spacial score (nSPS) is 16.4. The maximum absolute atomic E-state index is 12.4. The first-order chi connectivity index (χ1) is 11.1. The molecule has 7 heteroatoms. The highest BCUT2D eigenvalue weighted by atomic mass is 35.5. The van der Waals surface area contributed by atoms with E-state index in [2.05, 4.69) is 15.5 Å². The van der Waals surface area contributed by atoms with Crippen LogP contribution in [0.15, 0.2) is 33.7 Å². The highest BCUT2D eigenvalue weighted by Crippen LogP contribution is 2.37. The number of aryl methyl sites for hydroxylation is 1. The fraction of sp³-hybridized carbons (Fsp3) is 0.438. The molecule has 1 saturated carbocycles. The molecule has 1 fully saturated rings. The molecule has 3 rings (SSSR count). The number of nitrogens with zero attached hydrogens (tertiary/aromatic N) is 2. The van der Waals surface area contributed by atoms with Crippen LogP contribution in [-0.4, -0.2) is 21.8 Å². The summed E-state index contributed by atoms with van der Waals surface area (Å²) in [4.78, 5) is 17.7. The summed E-state index contributed by atoms with van der Waals surface area (Å²) in [5, 5.41) is 7.85. The lowest BCUT2D eigenvalue weighted by atomic mass is 9.96. The van der Waals surface area contributed by atoms with E-state index in [1.807, 2.05) is 24.3 Å². The Bertz CT molecular complexity index is 681. The third kappa shape index (κ3) is 3.87.